The van der Waals surface area contributed by atoms with Gasteiger partial charge in [0.1, 0.15) is 11.9 Å². The van der Waals surface area contributed by atoms with Crippen LogP contribution in [0.2, 0.25) is 0 Å². The monoisotopic (exact) mass is 345 g/mol. The Morgan fingerprint density at radius 3 is 2.67 bits per heavy atom. The Hall–Kier alpha value is -2.11. The number of carbonyl (C=O) groups is 2. The Balaban J connectivity index is 1.45. The zero-order chi connectivity index (χ0) is 16.9. The van der Waals surface area contributed by atoms with E-state index in [1.165, 1.54) is 4.90 Å². The fraction of sp³-hybridized carbons (Fsp3) is 0.500. The number of thioether (sulfide) groups is 1. The van der Waals surface area contributed by atoms with Crippen LogP contribution < -0.4 is 4.90 Å². The molecule has 0 aliphatic carbocycles. The number of carbonyl (C=O) groups excluding carboxylic acids is 2. The third kappa shape index (κ3) is 3.68. The number of imide groups is 1. The van der Waals surface area contributed by atoms with Gasteiger partial charge in [-0.3, -0.25) is 19.4 Å². The van der Waals surface area contributed by atoms with Gasteiger partial charge in [0.15, 0.2) is 0 Å². The van der Waals surface area contributed by atoms with E-state index in [9.17, 15) is 14.9 Å². The molecule has 2 saturated heterocycles. The standard InChI is InChI=1S/C16H19N5O2S/c17-11-13-3-1-4-18-15(13)20-9-7-19(8-10-20)5-2-6-21-14(22)12-24-16(21)23/h1,3-4H,2,5-10,12H2. The van der Waals surface area contributed by atoms with Gasteiger partial charge in [0.2, 0.25) is 5.91 Å². The molecule has 2 amide bonds. The van der Waals surface area contributed by atoms with Gasteiger partial charge in [-0.2, -0.15) is 5.26 Å². The van der Waals surface area contributed by atoms with Gasteiger partial charge in [-0.25, -0.2) is 4.98 Å². The summed E-state index contributed by atoms with van der Waals surface area (Å²) in [5.74, 6) is 0.960. The molecule has 0 spiro atoms. The van der Waals surface area contributed by atoms with Gasteiger partial charge >= 0.3 is 0 Å². The Morgan fingerprint density at radius 1 is 1.21 bits per heavy atom. The molecule has 0 radical (unpaired) electrons. The van der Waals surface area contributed by atoms with Crippen LogP contribution in [-0.2, 0) is 4.79 Å². The first-order valence-electron chi connectivity index (χ1n) is 7.98. The molecular formula is C16H19N5O2S. The smallest absolute Gasteiger partial charge is 0.288 e. The Bertz CT molecular complexity index is 651. The summed E-state index contributed by atoms with van der Waals surface area (Å²) in [5, 5.41) is 9.05. The second-order valence-electron chi connectivity index (χ2n) is 5.77. The summed E-state index contributed by atoms with van der Waals surface area (Å²) in [6.07, 6.45) is 2.51. The van der Waals surface area contributed by atoms with E-state index in [-0.39, 0.29) is 16.9 Å². The molecule has 0 bridgehead atoms. The summed E-state index contributed by atoms with van der Waals surface area (Å²) >= 11 is 1.08. The zero-order valence-corrected chi connectivity index (χ0v) is 14.2. The average molecular weight is 345 g/mol. The van der Waals surface area contributed by atoms with Crippen molar-refractivity contribution in [3.05, 3.63) is 23.9 Å². The van der Waals surface area contributed by atoms with Crippen LogP contribution in [0.1, 0.15) is 12.0 Å². The molecule has 0 unspecified atom stereocenters. The lowest BCUT2D eigenvalue weighted by atomic mass is 10.2. The molecule has 2 fully saturated rings. The van der Waals surface area contributed by atoms with Crippen LogP contribution in [0.4, 0.5) is 10.6 Å². The lowest BCUT2D eigenvalue weighted by Gasteiger charge is -2.35. The molecule has 1 aromatic heterocycles. The number of pyridine rings is 1. The number of nitriles is 1. The summed E-state index contributed by atoms with van der Waals surface area (Å²) in [5.41, 5.74) is 0.606. The molecule has 24 heavy (non-hydrogen) atoms. The number of amides is 2. The summed E-state index contributed by atoms with van der Waals surface area (Å²) < 4.78 is 0. The fourth-order valence-corrected chi connectivity index (χ4v) is 3.72. The van der Waals surface area contributed by atoms with Crippen molar-refractivity contribution in [1.82, 2.24) is 14.8 Å². The molecule has 3 rings (SSSR count). The van der Waals surface area contributed by atoms with Crippen molar-refractivity contribution in [1.29, 1.82) is 5.26 Å². The quantitative estimate of drug-likeness (QED) is 0.792. The van der Waals surface area contributed by atoms with E-state index in [4.69, 9.17) is 0 Å². The van der Waals surface area contributed by atoms with Crippen LogP contribution in [0.5, 0.6) is 0 Å². The maximum absolute atomic E-state index is 11.6. The van der Waals surface area contributed by atoms with E-state index in [0.29, 0.717) is 12.1 Å². The Labute approximate surface area is 145 Å². The van der Waals surface area contributed by atoms with Gasteiger partial charge in [-0.15, -0.1) is 0 Å². The highest BCUT2D eigenvalue weighted by Gasteiger charge is 2.29. The molecule has 2 aliphatic heterocycles. The molecule has 2 aliphatic rings. The van der Waals surface area contributed by atoms with Crippen LogP contribution in [0.25, 0.3) is 0 Å². The maximum atomic E-state index is 11.6. The van der Waals surface area contributed by atoms with E-state index in [0.717, 1.165) is 56.7 Å². The Kier molecular flexibility index (Phi) is 5.33. The minimum atomic E-state index is -0.121. The minimum Gasteiger partial charge on any atom is -0.353 e. The normalized spacial score (nSPS) is 19.0. The third-order valence-corrected chi connectivity index (χ3v) is 5.13. The maximum Gasteiger partial charge on any atom is 0.288 e. The van der Waals surface area contributed by atoms with Crippen molar-refractivity contribution in [2.75, 3.05) is 49.9 Å². The van der Waals surface area contributed by atoms with Crippen LogP contribution in [0, 0.1) is 11.3 Å². The summed E-state index contributed by atoms with van der Waals surface area (Å²) in [7, 11) is 0. The molecule has 0 atom stereocenters. The third-order valence-electron chi connectivity index (χ3n) is 4.28. The van der Waals surface area contributed by atoms with E-state index in [2.05, 4.69) is 20.9 Å². The number of aromatic nitrogens is 1. The highest BCUT2D eigenvalue weighted by molar-refractivity contribution is 8.14. The van der Waals surface area contributed by atoms with E-state index < -0.39 is 0 Å². The average Bonchev–Trinajstić information content (AvgIpc) is 2.94. The topological polar surface area (TPSA) is 80.5 Å². The lowest BCUT2D eigenvalue weighted by Crippen LogP contribution is -2.47. The molecule has 126 valence electrons. The number of nitrogens with zero attached hydrogens (tertiary/aromatic N) is 5. The van der Waals surface area contributed by atoms with Gasteiger partial charge < -0.3 is 4.90 Å². The van der Waals surface area contributed by atoms with Crippen LogP contribution >= 0.6 is 11.8 Å². The van der Waals surface area contributed by atoms with Gasteiger partial charge in [-0.05, 0) is 25.1 Å². The van der Waals surface area contributed by atoms with Crippen molar-refractivity contribution in [2.45, 2.75) is 6.42 Å². The van der Waals surface area contributed by atoms with Crippen LogP contribution in [0.3, 0.4) is 0 Å². The van der Waals surface area contributed by atoms with Gasteiger partial charge in [0.05, 0.1) is 11.3 Å². The lowest BCUT2D eigenvalue weighted by molar-refractivity contribution is -0.124. The molecule has 8 heteroatoms. The summed E-state index contributed by atoms with van der Waals surface area (Å²) in [4.78, 5) is 33.2. The van der Waals surface area contributed by atoms with E-state index in [1.807, 2.05) is 0 Å². The van der Waals surface area contributed by atoms with Gasteiger partial charge in [0.25, 0.3) is 5.24 Å². The molecule has 3 heterocycles. The number of hydrogen-bond donors (Lipinski definition) is 0. The number of anilines is 1. The SMILES string of the molecule is N#Cc1cccnc1N1CCN(CCCN2C(=O)CSC2=O)CC1. The van der Waals surface area contributed by atoms with Crippen molar-refractivity contribution in [2.24, 2.45) is 0 Å². The fourth-order valence-electron chi connectivity index (χ4n) is 2.97. The van der Waals surface area contributed by atoms with Gasteiger partial charge in [-0.1, -0.05) is 11.8 Å². The predicted octanol–water partition coefficient (Wildman–Crippen LogP) is 1.16. The van der Waals surface area contributed by atoms with Crippen molar-refractivity contribution in [3.63, 3.8) is 0 Å². The van der Waals surface area contributed by atoms with Crippen LogP contribution in [0.15, 0.2) is 18.3 Å². The predicted molar refractivity (Wildman–Crippen MR) is 91.8 cm³/mol. The first-order chi connectivity index (χ1) is 11.7. The van der Waals surface area contributed by atoms with Crippen molar-refractivity contribution in [3.8, 4) is 6.07 Å². The van der Waals surface area contributed by atoms with Gasteiger partial charge in [0, 0.05) is 38.9 Å². The first kappa shape index (κ1) is 16.7. The molecule has 0 N–H and O–H groups in total. The summed E-state index contributed by atoms with van der Waals surface area (Å²) in [6.45, 7) is 4.79. The van der Waals surface area contributed by atoms with E-state index >= 15 is 0 Å². The minimum absolute atomic E-state index is 0.0750. The zero-order valence-electron chi connectivity index (χ0n) is 13.3. The first-order valence-corrected chi connectivity index (χ1v) is 8.97. The van der Waals surface area contributed by atoms with Crippen molar-refractivity contribution < 1.29 is 9.59 Å². The molecule has 1 aromatic rings. The molecule has 0 aromatic carbocycles. The summed E-state index contributed by atoms with van der Waals surface area (Å²) in [6, 6.07) is 5.75. The molecular weight excluding hydrogens is 326 g/mol. The number of hydrogen-bond acceptors (Lipinski definition) is 7. The molecule has 0 saturated carbocycles. The second kappa shape index (κ2) is 7.64. The van der Waals surface area contributed by atoms with E-state index in [1.54, 1.807) is 18.3 Å². The number of piperazine rings is 1. The Morgan fingerprint density at radius 2 is 2.00 bits per heavy atom. The largest absolute Gasteiger partial charge is 0.353 e. The number of rotatable bonds is 5. The highest BCUT2D eigenvalue weighted by atomic mass is 32.2. The highest BCUT2D eigenvalue weighted by Crippen LogP contribution is 2.20. The van der Waals surface area contributed by atoms with Crippen LogP contribution in [-0.4, -0.2) is 71.0 Å². The second-order valence-corrected chi connectivity index (χ2v) is 6.70. The van der Waals surface area contributed by atoms with Crippen molar-refractivity contribution >= 4 is 28.7 Å². The molecule has 7 nitrogen and oxygen atoms in total.